The molecule has 3 heterocycles. The van der Waals surface area contributed by atoms with Crippen LogP contribution in [0.3, 0.4) is 0 Å². The molecule has 19 nitrogen and oxygen atoms in total. The zero-order valence-electron chi connectivity index (χ0n) is 54.5. The van der Waals surface area contributed by atoms with Gasteiger partial charge >= 0.3 is 18.2 Å². The number of carbonyl (C=O) groups is 7. The van der Waals surface area contributed by atoms with E-state index in [9.17, 15) is 42.3 Å². The topological polar surface area (TPSA) is 209 Å². The first-order valence-corrected chi connectivity index (χ1v) is 31.7. The van der Waals surface area contributed by atoms with E-state index >= 15 is 0 Å². The molecule has 1 saturated carbocycles. The Hall–Kier alpha value is -8.43. The van der Waals surface area contributed by atoms with Crippen LogP contribution in [0, 0.1) is 28.4 Å². The number of benzene rings is 5. The van der Waals surface area contributed by atoms with Gasteiger partial charge in [0.15, 0.2) is 0 Å². The van der Waals surface area contributed by atoms with Gasteiger partial charge in [-0.05, 0) is 108 Å². The third-order valence-electron chi connectivity index (χ3n) is 17.9. The van der Waals surface area contributed by atoms with Gasteiger partial charge in [0, 0.05) is 33.7 Å². The molecule has 92 heavy (non-hydrogen) atoms. The molecule has 494 valence electrons. The fourth-order valence-electron chi connectivity index (χ4n) is 12.3. The quantitative estimate of drug-likeness (QED) is 0.0668. The Kier molecular flexibility index (Phi) is 23.6. The first kappa shape index (κ1) is 69.5. The maximum Gasteiger partial charge on any atom is 0.410 e. The van der Waals surface area contributed by atoms with Gasteiger partial charge in [-0.25, -0.2) is 23.2 Å². The monoisotopic (exact) mass is 1270 g/mol. The number of ether oxygens (including phenoxy) is 4. The number of hydrogen-bond donors (Lipinski definition) is 3. The lowest BCUT2D eigenvalue weighted by atomic mass is 9.85. The van der Waals surface area contributed by atoms with E-state index in [1.165, 1.54) is 48.2 Å². The van der Waals surface area contributed by atoms with Gasteiger partial charge in [-0.15, -0.1) is 0 Å². The Morgan fingerprint density at radius 2 is 0.902 bits per heavy atom. The number of carbonyl (C=O) groups excluding carboxylic acids is 7. The summed E-state index contributed by atoms with van der Waals surface area (Å²) in [6, 6.07) is 35.8. The van der Waals surface area contributed by atoms with Crippen LogP contribution >= 0.6 is 0 Å². The molecular weight excluding hydrogens is 1180 g/mol. The lowest BCUT2D eigenvalue weighted by molar-refractivity contribution is -0.143. The summed E-state index contributed by atoms with van der Waals surface area (Å²) in [7, 11) is 2.99. The molecule has 0 unspecified atom stereocenters. The largest absolute Gasteiger partial charge is 0.445 e. The highest BCUT2D eigenvalue weighted by molar-refractivity contribution is 5.93. The van der Waals surface area contributed by atoms with Crippen molar-refractivity contribution in [2.45, 2.75) is 169 Å². The summed E-state index contributed by atoms with van der Waals surface area (Å²) in [5.74, 6) is -1.67. The Morgan fingerprint density at radius 3 is 1.35 bits per heavy atom. The summed E-state index contributed by atoms with van der Waals surface area (Å²) in [6.07, 6.45) is 1.30. The van der Waals surface area contributed by atoms with Crippen molar-refractivity contribution in [3.05, 3.63) is 179 Å². The third kappa shape index (κ3) is 18.0. The molecule has 3 saturated heterocycles. The molecule has 9 rings (SSSR count). The highest BCUT2D eigenvalue weighted by atomic mass is 19.1. The molecule has 0 spiro atoms. The maximum atomic E-state index is 14.5. The number of halogens is 2. The Balaban J connectivity index is 0.000000242. The average Bonchev–Trinajstić information content (AvgIpc) is 1.61. The van der Waals surface area contributed by atoms with E-state index in [0.717, 1.165) is 47.1 Å². The number of fused-ring (bicyclic) bond motifs is 2. The summed E-state index contributed by atoms with van der Waals surface area (Å²) in [4.78, 5) is 102. The van der Waals surface area contributed by atoms with E-state index in [0.29, 0.717) is 38.6 Å². The molecule has 8 amide bonds. The van der Waals surface area contributed by atoms with Crippen molar-refractivity contribution >= 4 is 41.8 Å². The van der Waals surface area contributed by atoms with Crippen molar-refractivity contribution in [3.8, 4) is 0 Å². The van der Waals surface area contributed by atoms with Crippen molar-refractivity contribution in [2.75, 3.05) is 33.7 Å². The standard InChI is InChI=1S/C39H48FN5O6.C32H42FN3O5/c1-26(43(5)38(49)51-25-28-14-10-7-11-15-28)35(46)42-34(39(2,3)4)36(47)44-21-20-31-33(44)32(50-24-29-16-18-30(40)19-17-29)23-45(31)37(48)41-22-27-12-8-6-9-13-27;1-21(35(5)31(39)41-20-22-9-7-6-8-10-22)29(37)34-28(32(2,3)4)30(38)36-18-17-24-13-16-26(27(24)36)40-19-23-11-14-25(33)15-12-23/h6-19,26,31-34H,20-25H2,1-5H3,(H,41,48)(H,42,46);6-12,14-15,21,24,26-28H,13,16-20H2,1-5H3,(H,34,37)/t26-,31+,32-,33-,34+;21-,24+,26-,27-,28+/m00/s1. The first-order valence-electron chi connectivity index (χ1n) is 31.7. The molecule has 21 heteroatoms. The average molecular weight is 1270 g/mol. The molecule has 5 aromatic rings. The normalized spacial score (nSPS) is 20.5. The molecular formula is C71H90F2N8O11. The Labute approximate surface area is 539 Å². The van der Waals surface area contributed by atoms with Gasteiger partial charge in [0.1, 0.15) is 49.0 Å². The fraction of sp³-hybridized carbons (Fsp3) is 0.479. The molecule has 3 N–H and O–H groups in total. The number of hydrogen-bond acceptors (Lipinski definition) is 11. The zero-order chi connectivity index (χ0) is 66.4. The number of likely N-dealkylation sites (N-methyl/N-ethyl adjacent to an activating group) is 2. The molecule has 4 aliphatic rings. The highest BCUT2D eigenvalue weighted by Crippen LogP contribution is 2.41. The van der Waals surface area contributed by atoms with Gasteiger partial charge in [-0.2, -0.15) is 0 Å². The summed E-state index contributed by atoms with van der Waals surface area (Å²) in [6.45, 7) is 16.8. The number of likely N-dealkylation sites (tertiary alicyclic amines) is 3. The van der Waals surface area contributed by atoms with Gasteiger partial charge in [-0.1, -0.05) is 157 Å². The lowest BCUT2D eigenvalue weighted by Crippen LogP contribution is -2.60. The Morgan fingerprint density at radius 1 is 0.500 bits per heavy atom. The maximum absolute atomic E-state index is 14.5. The second kappa shape index (κ2) is 31.3. The van der Waals surface area contributed by atoms with Crippen LogP contribution in [0.2, 0.25) is 0 Å². The molecule has 0 radical (unpaired) electrons. The highest BCUT2D eigenvalue weighted by Gasteiger charge is 2.55. The predicted octanol–water partition coefficient (Wildman–Crippen LogP) is 10.0. The fourth-order valence-corrected chi connectivity index (χ4v) is 12.3. The SMILES string of the molecule is C[C@@H](C(=O)N[C@H](C(=O)N1CC[C@@H]2[C@H]1[C@@H](OCc1ccc(F)cc1)CN2C(=O)NCc1ccccc1)C(C)(C)C)N(C)C(=O)OCc1ccccc1.C[C@@H](C(=O)N[C@H](C(=O)N1CC[C@H]2CC[C@H](OCc3ccc(F)cc3)[C@H]21)C(C)(C)C)N(C)C(=O)OCc1ccccc1. The van der Waals surface area contributed by atoms with Crippen molar-refractivity contribution in [1.82, 2.24) is 40.4 Å². The van der Waals surface area contributed by atoms with Crippen LogP contribution in [0.5, 0.6) is 0 Å². The number of amides is 8. The second-order valence-electron chi connectivity index (χ2n) is 26.5. The molecule has 0 aromatic heterocycles. The summed E-state index contributed by atoms with van der Waals surface area (Å²) in [5.41, 5.74) is 2.99. The van der Waals surface area contributed by atoms with Gasteiger partial charge in [0.2, 0.25) is 23.6 Å². The molecule has 1 aliphatic carbocycles. The van der Waals surface area contributed by atoms with Gasteiger partial charge < -0.3 is 49.6 Å². The van der Waals surface area contributed by atoms with Crippen LogP contribution in [0.15, 0.2) is 140 Å². The van der Waals surface area contributed by atoms with E-state index in [1.54, 1.807) is 47.9 Å². The predicted molar refractivity (Wildman–Crippen MR) is 343 cm³/mol. The zero-order valence-corrected chi connectivity index (χ0v) is 54.5. The van der Waals surface area contributed by atoms with Crippen LogP contribution in [0.4, 0.5) is 23.2 Å². The van der Waals surface area contributed by atoms with Gasteiger partial charge in [0.25, 0.3) is 0 Å². The second-order valence-corrected chi connectivity index (χ2v) is 26.5. The number of nitrogens with zero attached hydrogens (tertiary/aromatic N) is 5. The van der Waals surface area contributed by atoms with Crippen LogP contribution in [-0.4, -0.2) is 155 Å². The third-order valence-corrected chi connectivity index (χ3v) is 17.9. The van der Waals surface area contributed by atoms with Crippen molar-refractivity contribution in [3.63, 3.8) is 0 Å². The van der Waals surface area contributed by atoms with Gasteiger partial charge in [-0.3, -0.25) is 29.0 Å². The number of nitrogens with one attached hydrogen (secondary N) is 3. The van der Waals surface area contributed by atoms with E-state index in [4.69, 9.17) is 18.9 Å². The van der Waals surface area contributed by atoms with Crippen molar-refractivity contribution in [1.29, 1.82) is 0 Å². The van der Waals surface area contributed by atoms with E-state index in [2.05, 4.69) is 16.0 Å². The van der Waals surface area contributed by atoms with Crippen molar-refractivity contribution in [2.24, 2.45) is 16.7 Å². The lowest BCUT2D eigenvalue weighted by Gasteiger charge is -2.38. The van der Waals surface area contributed by atoms with Crippen LogP contribution < -0.4 is 16.0 Å². The molecule has 10 atom stereocenters. The molecule has 0 bridgehead atoms. The van der Waals surface area contributed by atoms with E-state index in [-0.39, 0.29) is 74.0 Å². The van der Waals surface area contributed by atoms with Crippen LogP contribution in [-0.2, 0) is 71.1 Å². The van der Waals surface area contributed by atoms with Gasteiger partial charge in [0.05, 0.1) is 50.1 Å². The van der Waals surface area contributed by atoms with Crippen LogP contribution in [0.1, 0.15) is 109 Å². The van der Waals surface area contributed by atoms with Crippen molar-refractivity contribution < 1.29 is 61.3 Å². The minimum Gasteiger partial charge on any atom is -0.445 e. The smallest absolute Gasteiger partial charge is 0.410 e. The first-order chi connectivity index (χ1) is 43.8. The number of rotatable bonds is 20. The van der Waals surface area contributed by atoms with E-state index in [1.807, 2.05) is 137 Å². The minimum atomic E-state index is -0.946. The van der Waals surface area contributed by atoms with E-state index < -0.39 is 71.1 Å². The Bertz CT molecular complexity index is 3280. The number of urea groups is 1. The summed E-state index contributed by atoms with van der Waals surface area (Å²) < 4.78 is 50.3. The molecule has 4 fully saturated rings. The summed E-state index contributed by atoms with van der Waals surface area (Å²) in [5, 5.41) is 8.88. The van der Waals surface area contributed by atoms with Crippen LogP contribution in [0.25, 0.3) is 0 Å². The molecule has 5 aromatic carbocycles. The minimum absolute atomic E-state index is 0.0602. The summed E-state index contributed by atoms with van der Waals surface area (Å²) >= 11 is 0. The molecule has 3 aliphatic heterocycles.